The summed E-state index contributed by atoms with van der Waals surface area (Å²) in [6.07, 6.45) is 0. The highest BCUT2D eigenvalue weighted by atomic mass is 14.2. The molecule has 0 aliphatic rings. The molecule has 0 unspecified atom stereocenters. The maximum atomic E-state index is 2.38. The largest absolute Gasteiger partial charge is 0.0622 e. The van der Waals surface area contributed by atoms with E-state index in [0.717, 1.165) is 0 Å². The second-order valence-electron chi connectivity index (χ2n) is 13.9. The SMILES string of the molecule is Cc1cc(C)c(-c2c3ccccc3c(-c3ccc4cc(-c5cccc(-c6cccc(-c7ccccc7)c6)c5)ccc4c3)c3ccccc23)c(C)c1. The lowest BCUT2D eigenvalue weighted by molar-refractivity contribution is 1.33. The summed E-state index contributed by atoms with van der Waals surface area (Å²) in [7, 11) is 0. The van der Waals surface area contributed by atoms with Crippen LogP contribution in [0.25, 0.3) is 88.0 Å². The molecule has 0 heterocycles. The van der Waals surface area contributed by atoms with Crippen molar-refractivity contribution < 1.29 is 0 Å². The number of rotatable bonds is 5. The number of benzene rings is 9. The molecule has 0 amide bonds. The molecular weight excluding hydrogens is 613 g/mol. The van der Waals surface area contributed by atoms with Crippen LogP contribution in [-0.2, 0) is 0 Å². The van der Waals surface area contributed by atoms with E-state index in [1.165, 1.54) is 105 Å². The average molecular weight is 651 g/mol. The van der Waals surface area contributed by atoms with Crippen LogP contribution in [0.3, 0.4) is 0 Å². The second-order valence-corrected chi connectivity index (χ2v) is 13.9. The van der Waals surface area contributed by atoms with E-state index in [9.17, 15) is 0 Å². The molecule has 0 N–H and O–H groups in total. The highest BCUT2D eigenvalue weighted by molar-refractivity contribution is 6.22. The van der Waals surface area contributed by atoms with E-state index in [4.69, 9.17) is 0 Å². The van der Waals surface area contributed by atoms with Gasteiger partial charge in [-0.05, 0) is 144 Å². The number of fused-ring (bicyclic) bond motifs is 3. The minimum absolute atomic E-state index is 1.22. The molecule has 0 radical (unpaired) electrons. The van der Waals surface area contributed by atoms with Crippen molar-refractivity contribution in [1.29, 1.82) is 0 Å². The molecule has 9 aromatic rings. The first-order chi connectivity index (χ1) is 25.0. The van der Waals surface area contributed by atoms with Crippen LogP contribution in [0, 0.1) is 20.8 Å². The third-order valence-corrected chi connectivity index (χ3v) is 10.5. The van der Waals surface area contributed by atoms with Gasteiger partial charge in [0.25, 0.3) is 0 Å². The zero-order chi connectivity index (χ0) is 34.5. The van der Waals surface area contributed by atoms with Crippen molar-refractivity contribution in [2.24, 2.45) is 0 Å². The third-order valence-electron chi connectivity index (χ3n) is 10.5. The Balaban J connectivity index is 1.14. The van der Waals surface area contributed by atoms with Crippen LogP contribution in [-0.4, -0.2) is 0 Å². The molecule has 0 aliphatic carbocycles. The van der Waals surface area contributed by atoms with Crippen LogP contribution >= 0.6 is 0 Å². The Morgan fingerprint density at radius 1 is 0.255 bits per heavy atom. The van der Waals surface area contributed by atoms with Gasteiger partial charge in [0, 0.05) is 0 Å². The molecule has 0 spiro atoms. The smallest absolute Gasteiger partial charge is 0.00210 e. The van der Waals surface area contributed by atoms with E-state index in [1.807, 2.05) is 0 Å². The molecule has 0 nitrogen and oxygen atoms in total. The zero-order valence-corrected chi connectivity index (χ0v) is 29.2. The maximum Gasteiger partial charge on any atom is -0.00210 e. The average Bonchev–Trinajstić information content (AvgIpc) is 3.17. The monoisotopic (exact) mass is 650 g/mol. The minimum Gasteiger partial charge on any atom is -0.0622 e. The van der Waals surface area contributed by atoms with Gasteiger partial charge in [0.2, 0.25) is 0 Å². The fraction of sp³-hybridized carbons (Fsp3) is 0.0588. The van der Waals surface area contributed by atoms with Crippen molar-refractivity contribution in [1.82, 2.24) is 0 Å². The van der Waals surface area contributed by atoms with Crippen LogP contribution in [0.5, 0.6) is 0 Å². The van der Waals surface area contributed by atoms with Crippen molar-refractivity contribution in [2.45, 2.75) is 20.8 Å². The van der Waals surface area contributed by atoms with Crippen molar-refractivity contribution in [3.05, 3.63) is 193 Å². The maximum absolute atomic E-state index is 2.38. The molecule has 0 atom stereocenters. The molecule has 0 saturated heterocycles. The molecule has 242 valence electrons. The van der Waals surface area contributed by atoms with Crippen molar-refractivity contribution >= 4 is 32.3 Å². The summed E-state index contributed by atoms with van der Waals surface area (Å²) in [5, 5.41) is 7.65. The fourth-order valence-electron chi connectivity index (χ4n) is 8.25. The lowest BCUT2D eigenvalue weighted by atomic mass is 9.83. The van der Waals surface area contributed by atoms with E-state index in [1.54, 1.807) is 0 Å². The predicted octanol–water partition coefficient (Wildman–Crippen LogP) is 14.4. The van der Waals surface area contributed by atoms with Crippen LogP contribution in [0.1, 0.15) is 16.7 Å². The number of hydrogen-bond acceptors (Lipinski definition) is 0. The van der Waals surface area contributed by atoms with E-state index in [2.05, 4.69) is 197 Å². The molecule has 0 aromatic heterocycles. The van der Waals surface area contributed by atoms with Crippen LogP contribution < -0.4 is 0 Å². The summed E-state index contributed by atoms with van der Waals surface area (Å²) >= 11 is 0. The van der Waals surface area contributed by atoms with Crippen LogP contribution in [0.4, 0.5) is 0 Å². The van der Waals surface area contributed by atoms with Crippen molar-refractivity contribution in [3.8, 4) is 55.6 Å². The van der Waals surface area contributed by atoms with Gasteiger partial charge in [-0.1, -0.05) is 157 Å². The topological polar surface area (TPSA) is 0 Å². The third kappa shape index (κ3) is 5.50. The fourth-order valence-corrected chi connectivity index (χ4v) is 8.25. The van der Waals surface area contributed by atoms with Gasteiger partial charge in [-0.25, -0.2) is 0 Å². The van der Waals surface area contributed by atoms with Gasteiger partial charge < -0.3 is 0 Å². The minimum atomic E-state index is 1.22. The first kappa shape index (κ1) is 30.8. The summed E-state index contributed by atoms with van der Waals surface area (Å²) in [6, 6.07) is 64.8. The Bertz CT molecular complexity index is 2680. The van der Waals surface area contributed by atoms with Gasteiger partial charge in [0.15, 0.2) is 0 Å². The summed E-state index contributed by atoms with van der Waals surface area (Å²) in [5.41, 5.74) is 16.5. The summed E-state index contributed by atoms with van der Waals surface area (Å²) in [4.78, 5) is 0. The molecule has 9 aromatic carbocycles. The highest BCUT2D eigenvalue weighted by Crippen LogP contribution is 2.46. The van der Waals surface area contributed by atoms with Gasteiger partial charge in [-0.3, -0.25) is 0 Å². The van der Waals surface area contributed by atoms with E-state index < -0.39 is 0 Å². The Kier molecular flexibility index (Phi) is 7.59. The molecule has 51 heavy (non-hydrogen) atoms. The molecule has 0 aliphatic heterocycles. The first-order valence-electron chi connectivity index (χ1n) is 17.8. The summed E-state index contributed by atoms with van der Waals surface area (Å²) in [5.74, 6) is 0. The van der Waals surface area contributed by atoms with Gasteiger partial charge in [0.1, 0.15) is 0 Å². The molecule has 0 fully saturated rings. The Labute approximate surface area is 300 Å². The Morgan fingerprint density at radius 2 is 0.647 bits per heavy atom. The quantitative estimate of drug-likeness (QED) is 0.163. The standard InChI is InChI=1S/C51H38/c1-33-27-34(2)49(35(3)28-33)51-47-21-9-7-19-45(47)50(46-20-8-10-22-48(46)51)44-26-25-42-31-41(23-24-43(42)32-44)40-18-12-17-39(30-40)38-16-11-15-37(29-38)36-13-5-4-6-14-36/h4-32H,1-3H3. The van der Waals surface area contributed by atoms with E-state index in [-0.39, 0.29) is 0 Å². The Morgan fingerprint density at radius 3 is 1.18 bits per heavy atom. The van der Waals surface area contributed by atoms with Crippen molar-refractivity contribution in [2.75, 3.05) is 0 Å². The molecule has 0 bridgehead atoms. The normalized spacial score (nSPS) is 11.4. The lowest BCUT2D eigenvalue weighted by Crippen LogP contribution is -1.95. The number of aryl methyl sites for hydroxylation is 3. The predicted molar refractivity (Wildman–Crippen MR) is 220 cm³/mol. The molecular formula is C51H38. The number of hydrogen-bond donors (Lipinski definition) is 0. The van der Waals surface area contributed by atoms with Gasteiger partial charge in [-0.2, -0.15) is 0 Å². The summed E-state index contributed by atoms with van der Waals surface area (Å²) < 4.78 is 0. The van der Waals surface area contributed by atoms with Gasteiger partial charge >= 0.3 is 0 Å². The van der Waals surface area contributed by atoms with Crippen LogP contribution in [0.2, 0.25) is 0 Å². The summed E-state index contributed by atoms with van der Waals surface area (Å²) in [6.45, 7) is 6.70. The van der Waals surface area contributed by atoms with E-state index in [0.29, 0.717) is 0 Å². The highest BCUT2D eigenvalue weighted by Gasteiger charge is 2.19. The van der Waals surface area contributed by atoms with Crippen LogP contribution in [0.15, 0.2) is 176 Å². The van der Waals surface area contributed by atoms with Gasteiger partial charge in [-0.15, -0.1) is 0 Å². The first-order valence-corrected chi connectivity index (χ1v) is 17.8. The molecule has 0 heteroatoms. The van der Waals surface area contributed by atoms with Gasteiger partial charge in [0.05, 0.1) is 0 Å². The Hall–Kier alpha value is -6.24. The van der Waals surface area contributed by atoms with E-state index >= 15 is 0 Å². The zero-order valence-electron chi connectivity index (χ0n) is 29.2. The second kappa shape index (κ2) is 12.6. The molecule has 9 rings (SSSR count). The van der Waals surface area contributed by atoms with Crippen molar-refractivity contribution in [3.63, 3.8) is 0 Å². The molecule has 0 saturated carbocycles. The lowest BCUT2D eigenvalue weighted by Gasteiger charge is -2.20.